The Balaban J connectivity index is 1.90. The fourth-order valence-corrected chi connectivity index (χ4v) is 9.48. The number of nitrogens with one attached hydrogen (secondary N) is 9. The topological polar surface area (TPSA) is 524 Å². The van der Waals surface area contributed by atoms with Crippen LogP contribution >= 0.6 is 0 Å². The van der Waals surface area contributed by atoms with Gasteiger partial charge in [-0.05, 0) is 114 Å². The van der Waals surface area contributed by atoms with Gasteiger partial charge in [-0.2, -0.15) is 0 Å². The van der Waals surface area contributed by atoms with Crippen molar-refractivity contribution in [1.82, 2.24) is 52.8 Å². The number of phenols is 1. The van der Waals surface area contributed by atoms with Gasteiger partial charge in [-0.15, -0.1) is 0 Å². The lowest BCUT2D eigenvalue weighted by Gasteiger charge is -2.32. The summed E-state index contributed by atoms with van der Waals surface area (Å²) in [6.45, 7) is 5.03. The second-order valence-corrected chi connectivity index (χ2v) is 21.6. The highest BCUT2D eigenvalue weighted by Crippen LogP contribution is 2.21. The summed E-state index contributed by atoms with van der Waals surface area (Å²) in [6, 6.07) is -9.82. The monoisotopic (exact) mass is 1220 g/mol. The normalized spacial score (nSPS) is 17.8. The van der Waals surface area contributed by atoms with E-state index in [1.165, 1.54) is 24.3 Å². The lowest BCUT2D eigenvalue weighted by molar-refractivity contribution is -0.147. The number of carboxylic acids is 4. The Morgan fingerprint density at radius 3 is 1.57 bits per heavy atom. The van der Waals surface area contributed by atoms with Crippen molar-refractivity contribution in [1.29, 1.82) is 0 Å². The summed E-state index contributed by atoms with van der Waals surface area (Å²) < 4.78 is 0. The highest BCUT2D eigenvalue weighted by atomic mass is 16.4. The number of aliphatic carboxylic acids is 4. The van der Waals surface area contributed by atoms with Crippen molar-refractivity contribution in [3.63, 3.8) is 0 Å². The Morgan fingerprint density at radius 2 is 1.07 bits per heavy atom. The molecule has 0 unspecified atom stereocenters. The first-order chi connectivity index (χ1) is 40.5. The van der Waals surface area contributed by atoms with E-state index < -0.39 is 182 Å². The molecule has 2 aliphatic rings. The average Bonchev–Trinajstić information content (AvgIpc) is 2.61. The van der Waals surface area contributed by atoms with Crippen molar-refractivity contribution < 1.29 is 97.8 Å². The van der Waals surface area contributed by atoms with Gasteiger partial charge in [0, 0.05) is 32.2 Å². The van der Waals surface area contributed by atoms with Gasteiger partial charge in [0.25, 0.3) is 0 Å². The summed E-state index contributed by atoms with van der Waals surface area (Å²) in [5, 5.41) is 81.2. The molecule has 0 bridgehead atoms. The number of nitrogens with zero attached hydrogens (tertiary/aromatic N) is 1. The summed E-state index contributed by atoms with van der Waals surface area (Å²) in [6.07, 6.45) is -4.68. The molecule has 2 heterocycles. The molecular formula is C54H82N12O20. The number of hydrogen-bond donors (Lipinski definition) is 17. The van der Waals surface area contributed by atoms with Crippen LogP contribution in [0.1, 0.15) is 123 Å². The Bertz CT molecular complexity index is 2580. The molecule has 478 valence electrons. The molecule has 2 saturated heterocycles. The molecule has 1 aromatic carbocycles. The largest absolute Gasteiger partial charge is 0.508 e. The van der Waals surface area contributed by atoms with Gasteiger partial charge in [0.1, 0.15) is 60.1 Å². The highest BCUT2D eigenvalue weighted by molar-refractivity contribution is 5.99. The number of nitrogens with two attached hydrogens (primary N) is 2. The summed E-state index contributed by atoms with van der Waals surface area (Å²) in [5.41, 5.74) is 11.3. The molecule has 2 aliphatic heterocycles. The van der Waals surface area contributed by atoms with E-state index in [1.54, 1.807) is 13.8 Å². The molecule has 1 aromatic rings. The summed E-state index contributed by atoms with van der Waals surface area (Å²) in [5.74, 6) is -16.3. The third-order valence-corrected chi connectivity index (χ3v) is 14.1. The molecule has 19 N–H and O–H groups in total. The van der Waals surface area contributed by atoms with Crippen LogP contribution in [0.2, 0.25) is 0 Å². The van der Waals surface area contributed by atoms with Gasteiger partial charge in [0.2, 0.25) is 59.1 Å². The Hall–Kier alpha value is -8.52. The second kappa shape index (κ2) is 35.7. The van der Waals surface area contributed by atoms with Crippen molar-refractivity contribution in [2.45, 2.75) is 190 Å². The van der Waals surface area contributed by atoms with Crippen LogP contribution in [0.3, 0.4) is 0 Å². The molecule has 0 spiro atoms. The number of aliphatic hydroxyl groups is 1. The number of hydrogen-bond acceptors (Lipinski definition) is 18. The summed E-state index contributed by atoms with van der Waals surface area (Å²) in [7, 11) is 0. The number of primary amides is 1. The number of phenolic OH excluding ortho intramolecular Hbond substituents is 1. The average molecular weight is 1220 g/mol. The first-order valence-corrected chi connectivity index (χ1v) is 28.3. The minimum atomic E-state index is -1.89. The molecule has 0 saturated carbocycles. The van der Waals surface area contributed by atoms with E-state index in [1.807, 2.05) is 0 Å². The lowest BCUT2D eigenvalue weighted by atomic mass is 9.99. The van der Waals surface area contributed by atoms with Crippen LogP contribution in [0, 0.1) is 5.92 Å². The maximum Gasteiger partial charge on any atom is 0.326 e. The van der Waals surface area contributed by atoms with E-state index in [9.17, 15) is 97.8 Å². The standard InChI is InChI=1S/C54H82N12O20/c1-27(2)24-36(50(81)63-37(25-29-11-13-30(68)14-12-29)51(82)58-32(8-4-5-21-55)46(77)64-38(54(85)86)26-43(74)75)62-48(79)34(16-19-41(70)71)61-52(83)39-10-7-23-66(39)53(84)44(28(3)67)65-49(80)35(17-20-42(72)73)60-47(78)33(15-18-40(56)69)59-45(76)31-9-6-22-57-31/h11-14,27-28,31-39,44,57,67-68H,4-10,15-26,55H2,1-3H3,(H2,56,69)(H,58,82)(H,59,76)(H,60,78)(H,61,83)(H,62,79)(H,63,81)(H,64,77)(H,65,80)(H,70,71)(H,72,73)(H,74,75)(H,85,86)/t28-,31+,32+,33+,34+,35+,36+,37+,38+,39+,44+/m1/s1. The van der Waals surface area contributed by atoms with E-state index >= 15 is 0 Å². The smallest absolute Gasteiger partial charge is 0.326 e. The minimum absolute atomic E-state index is 0.0573. The van der Waals surface area contributed by atoms with Crippen LogP contribution in [-0.4, -0.2) is 205 Å². The second-order valence-electron chi connectivity index (χ2n) is 21.6. The van der Waals surface area contributed by atoms with Crippen molar-refractivity contribution in [2.24, 2.45) is 17.4 Å². The van der Waals surface area contributed by atoms with Crippen LogP contribution in [-0.2, 0) is 73.5 Å². The van der Waals surface area contributed by atoms with Crippen molar-refractivity contribution >= 4 is 82.9 Å². The predicted octanol–water partition coefficient (Wildman–Crippen LogP) is -4.33. The molecule has 0 aromatic heterocycles. The number of carbonyl (C=O) groups excluding carboxylic acids is 10. The number of aliphatic hydroxyl groups excluding tert-OH is 1. The number of likely N-dealkylation sites (tertiary alicyclic amines) is 1. The van der Waals surface area contributed by atoms with Crippen LogP contribution in [0.15, 0.2) is 24.3 Å². The van der Waals surface area contributed by atoms with Crippen LogP contribution in [0.25, 0.3) is 0 Å². The van der Waals surface area contributed by atoms with Gasteiger partial charge in [-0.25, -0.2) is 4.79 Å². The number of aromatic hydroxyl groups is 1. The molecule has 11 atom stereocenters. The van der Waals surface area contributed by atoms with E-state index in [0.29, 0.717) is 31.4 Å². The highest BCUT2D eigenvalue weighted by Gasteiger charge is 2.42. The van der Waals surface area contributed by atoms with E-state index in [0.717, 1.165) is 11.8 Å². The molecule has 0 aliphatic carbocycles. The fourth-order valence-electron chi connectivity index (χ4n) is 9.48. The molecule has 2 fully saturated rings. The Morgan fingerprint density at radius 1 is 0.581 bits per heavy atom. The van der Waals surface area contributed by atoms with E-state index in [2.05, 4.69) is 47.9 Å². The fraction of sp³-hybridized carbons (Fsp3) is 0.630. The maximum atomic E-state index is 14.4. The number of unbranched alkanes of at least 4 members (excludes halogenated alkanes) is 1. The lowest BCUT2D eigenvalue weighted by Crippen LogP contribution is -2.62. The summed E-state index contributed by atoms with van der Waals surface area (Å²) >= 11 is 0. The number of benzene rings is 1. The van der Waals surface area contributed by atoms with Crippen LogP contribution in [0.4, 0.5) is 0 Å². The van der Waals surface area contributed by atoms with Gasteiger partial charge in [-0.3, -0.25) is 62.3 Å². The third-order valence-electron chi connectivity index (χ3n) is 14.1. The van der Waals surface area contributed by atoms with Gasteiger partial charge in [0.15, 0.2) is 0 Å². The first kappa shape index (κ1) is 71.7. The number of amides is 10. The van der Waals surface area contributed by atoms with Crippen molar-refractivity contribution in [3.8, 4) is 5.75 Å². The van der Waals surface area contributed by atoms with Crippen molar-refractivity contribution in [2.75, 3.05) is 19.6 Å². The number of rotatable bonds is 38. The van der Waals surface area contributed by atoms with E-state index in [4.69, 9.17) is 11.5 Å². The minimum Gasteiger partial charge on any atom is -0.508 e. The zero-order valence-corrected chi connectivity index (χ0v) is 48.2. The molecule has 3 rings (SSSR count). The van der Waals surface area contributed by atoms with Crippen LogP contribution in [0.5, 0.6) is 5.75 Å². The Labute approximate surface area is 494 Å². The van der Waals surface area contributed by atoms with Crippen LogP contribution < -0.4 is 59.3 Å². The third kappa shape index (κ3) is 24.6. The molecule has 32 heteroatoms. The zero-order chi connectivity index (χ0) is 64.4. The zero-order valence-electron chi connectivity index (χ0n) is 48.2. The molecule has 0 radical (unpaired) electrons. The number of carboxylic acid groups (broad SMARTS) is 4. The number of carbonyl (C=O) groups is 14. The van der Waals surface area contributed by atoms with Gasteiger partial charge in [0.05, 0.1) is 18.6 Å². The quantitative estimate of drug-likeness (QED) is 0.0278. The molecule has 32 nitrogen and oxygen atoms in total. The SMILES string of the molecule is CC(C)C[C@H](NC(=O)[C@H](CCC(=O)O)NC(=O)[C@@H]1CCCN1C(=O)[C@@H](NC(=O)[C@H](CCC(=O)O)NC(=O)[C@H](CCC(N)=O)NC(=O)[C@@H]1CCCN1)[C@@H](C)O)C(=O)N[C@@H](Cc1ccc(O)cc1)C(=O)N[C@@H](CCCCN)C(=O)N[C@@H](CC(=O)O)C(=O)O. The van der Waals surface area contributed by atoms with Gasteiger partial charge >= 0.3 is 23.9 Å². The van der Waals surface area contributed by atoms with Gasteiger partial charge in [-0.1, -0.05) is 26.0 Å². The molecule has 86 heavy (non-hydrogen) atoms. The van der Waals surface area contributed by atoms with E-state index in [-0.39, 0.29) is 76.1 Å². The van der Waals surface area contributed by atoms with Crippen molar-refractivity contribution in [3.05, 3.63) is 29.8 Å². The predicted molar refractivity (Wildman–Crippen MR) is 299 cm³/mol. The molecule has 10 amide bonds. The first-order valence-electron chi connectivity index (χ1n) is 28.3. The maximum absolute atomic E-state index is 14.4. The Kier molecular flexibility index (Phi) is 29.8. The summed E-state index contributed by atoms with van der Waals surface area (Å²) in [4.78, 5) is 185. The van der Waals surface area contributed by atoms with Gasteiger partial charge < -0.3 is 94.9 Å². The molecular weight excluding hydrogens is 1140 g/mol.